The summed E-state index contributed by atoms with van der Waals surface area (Å²) in [6.07, 6.45) is 6.33. The molecular weight excluding hydrogens is 330 g/mol. The first-order valence-corrected chi connectivity index (χ1v) is 9.02. The minimum Gasteiger partial charge on any atom is -0.376 e. The Hall–Kier alpha value is -2.25. The number of ether oxygens (including phenoxy) is 1. The number of likely N-dealkylation sites (N-methyl/N-ethyl adjacent to an activating group) is 1. The van der Waals surface area contributed by atoms with E-state index >= 15 is 0 Å². The van der Waals surface area contributed by atoms with E-state index in [0.29, 0.717) is 18.2 Å². The number of pyridine rings is 1. The van der Waals surface area contributed by atoms with Crippen molar-refractivity contribution in [3.63, 3.8) is 0 Å². The van der Waals surface area contributed by atoms with Gasteiger partial charge in [-0.25, -0.2) is 0 Å². The normalized spacial score (nSPS) is 21.9. The molecule has 7 nitrogen and oxygen atoms in total. The summed E-state index contributed by atoms with van der Waals surface area (Å²) in [5, 5.41) is 4.09. The fraction of sp³-hybridized carbons (Fsp3) is 0.526. The molecule has 26 heavy (non-hydrogen) atoms. The van der Waals surface area contributed by atoms with Crippen molar-refractivity contribution in [2.24, 2.45) is 13.0 Å². The molecule has 2 aromatic rings. The first-order chi connectivity index (χ1) is 12.6. The summed E-state index contributed by atoms with van der Waals surface area (Å²) in [6.45, 7) is 3.97. The number of nitrogens with zero attached hydrogens (tertiary/aromatic N) is 5. The van der Waals surface area contributed by atoms with Gasteiger partial charge in [0.1, 0.15) is 5.69 Å². The zero-order valence-corrected chi connectivity index (χ0v) is 15.3. The molecule has 2 fully saturated rings. The Kier molecular flexibility index (Phi) is 4.50. The van der Waals surface area contributed by atoms with Crippen LogP contribution in [0.25, 0.3) is 0 Å². The van der Waals surface area contributed by atoms with Crippen LogP contribution in [0.15, 0.2) is 36.8 Å². The highest BCUT2D eigenvalue weighted by molar-refractivity contribution is 5.93. The van der Waals surface area contributed by atoms with Gasteiger partial charge in [-0.2, -0.15) is 5.10 Å². The molecular formula is C19H25N5O2. The Morgan fingerprint density at radius 3 is 2.69 bits per heavy atom. The second-order valence-corrected chi connectivity index (χ2v) is 7.55. The molecule has 1 atom stereocenters. The lowest BCUT2D eigenvalue weighted by atomic mass is 9.84. The van der Waals surface area contributed by atoms with Gasteiger partial charge in [0.15, 0.2) is 0 Å². The summed E-state index contributed by atoms with van der Waals surface area (Å²) in [5.74, 6) is 0.581. The van der Waals surface area contributed by atoms with E-state index in [2.05, 4.69) is 22.0 Å². The minimum atomic E-state index is 0.0708. The summed E-state index contributed by atoms with van der Waals surface area (Å²) in [5.41, 5.74) is 1.91. The number of hydrogen-bond acceptors (Lipinski definition) is 5. The monoisotopic (exact) mass is 355 g/mol. The molecule has 0 aliphatic carbocycles. The molecule has 2 aromatic heterocycles. The van der Waals surface area contributed by atoms with Gasteiger partial charge in [-0.1, -0.05) is 0 Å². The number of rotatable bonds is 5. The molecule has 2 aliphatic rings. The Labute approximate surface area is 153 Å². The highest BCUT2D eigenvalue weighted by Crippen LogP contribution is 2.40. The van der Waals surface area contributed by atoms with Crippen LogP contribution in [0.3, 0.4) is 0 Å². The lowest BCUT2D eigenvalue weighted by Gasteiger charge is -2.51. The van der Waals surface area contributed by atoms with E-state index < -0.39 is 0 Å². The molecule has 0 unspecified atom stereocenters. The Morgan fingerprint density at radius 2 is 2.00 bits per heavy atom. The smallest absolute Gasteiger partial charge is 0.272 e. The highest BCUT2D eigenvalue weighted by atomic mass is 16.5. The lowest BCUT2D eigenvalue weighted by Crippen LogP contribution is -2.68. The molecule has 4 heterocycles. The third-order valence-electron chi connectivity index (χ3n) is 5.68. The number of aryl methyl sites for hydroxylation is 1. The Balaban J connectivity index is 1.28. The standard InChI is InChI=1S/C19H25N5O2/c1-22-10-16(12-26-11-15-3-6-20-7-4-15)9-19(22)13-24(14-19)18(25)17-5-8-21-23(17)2/h3-8,16H,9-14H2,1-2H3/t16-/m0/s1. The maximum Gasteiger partial charge on any atom is 0.272 e. The number of hydrogen-bond donors (Lipinski definition) is 0. The van der Waals surface area contributed by atoms with Crippen molar-refractivity contribution in [3.8, 4) is 0 Å². The highest BCUT2D eigenvalue weighted by Gasteiger charge is 2.53. The number of carbonyl (C=O) groups excluding carboxylic acids is 1. The third-order valence-corrected chi connectivity index (χ3v) is 5.68. The Morgan fingerprint density at radius 1 is 1.23 bits per heavy atom. The zero-order valence-electron chi connectivity index (χ0n) is 15.3. The van der Waals surface area contributed by atoms with Gasteiger partial charge in [0.25, 0.3) is 5.91 Å². The first-order valence-electron chi connectivity index (χ1n) is 9.02. The number of aromatic nitrogens is 3. The molecule has 2 saturated heterocycles. The lowest BCUT2D eigenvalue weighted by molar-refractivity contribution is -0.00870. The van der Waals surface area contributed by atoms with Crippen LogP contribution < -0.4 is 0 Å². The predicted octanol–water partition coefficient (Wildman–Crippen LogP) is 1.18. The van der Waals surface area contributed by atoms with Gasteiger partial charge >= 0.3 is 0 Å². The quantitative estimate of drug-likeness (QED) is 0.806. The van der Waals surface area contributed by atoms with Crippen molar-refractivity contribution >= 4 is 5.91 Å². The third kappa shape index (κ3) is 3.12. The second kappa shape index (κ2) is 6.81. The molecule has 138 valence electrons. The van der Waals surface area contributed by atoms with Gasteiger partial charge in [-0.15, -0.1) is 0 Å². The van der Waals surface area contributed by atoms with E-state index in [4.69, 9.17) is 4.74 Å². The molecule has 1 amide bonds. The van der Waals surface area contributed by atoms with Gasteiger partial charge in [0.2, 0.25) is 0 Å². The van der Waals surface area contributed by atoms with E-state index in [0.717, 1.165) is 38.2 Å². The maximum absolute atomic E-state index is 12.6. The summed E-state index contributed by atoms with van der Waals surface area (Å²) in [6, 6.07) is 5.74. The van der Waals surface area contributed by atoms with Crippen LogP contribution in [-0.2, 0) is 18.4 Å². The van der Waals surface area contributed by atoms with Crippen LogP contribution >= 0.6 is 0 Å². The number of likely N-dealkylation sites (tertiary alicyclic amines) is 2. The molecule has 0 N–H and O–H groups in total. The maximum atomic E-state index is 12.6. The van der Waals surface area contributed by atoms with E-state index in [1.807, 2.05) is 17.0 Å². The average Bonchev–Trinajstić information content (AvgIpc) is 3.17. The molecule has 0 saturated carbocycles. The fourth-order valence-corrected chi connectivity index (χ4v) is 4.20. The summed E-state index contributed by atoms with van der Waals surface area (Å²) >= 11 is 0. The molecule has 0 radical (unpaired) electrons. The van der Waals surface area contributed by atoms with Crippen LogP contribution in [0.1, 0.15) is 22.5 Å². The largest absolute Gasteiger partial charge is 0.376 e. The van der Waals surface area contributed by atoms with Crippen molar-refractivity contribution in [1.29, 1.82) is 0 Å². The van der Waals surface area contributed by atoms with Gasteiger partial charge < -0.3 is 9.64 Å². The van der Waals surface area contributed by atoms with Crippen LogP contribution in [0.2, 0.25) is 0 Å². The van der Waals surface area contributed by atoms with Crippen molar-refractivity contribution in [3.05, 3.63) is 48.0 Å². The fourth-order valence-electron chi connectivity index (χ4n) is 4.20. The number of amides is 1. The van der Waals surface area contributed by atoms with Crippen LogP contribution in [0.4, 0.5) is 0 Å². The topological polar surface area (TPSA) is 63.5 Å². The summed E-state index contributed by atoms with van der Waals surface area (Å²) in [7, 11) is 3.97. The van der Waals surface area contributed by atoms with E-state index in [1.165, 1.54) is 0 Å². The number of carbonyl (C=O) groups is 1. The van der Waals surface area contributed by atoms with Crippen LogP contribution in [0.5, 0.6) is 0 Å². The minimum absolute atomic E-state index is 0.0708. The van der Waals surface area contributed by atoms with Crippen molar-refractivity contribution in [1.82, 2.24) is 24.6 Å². The van der Waals surface area contributed by atoms with Gasteiger partial charge in [0.05, 0.1) is 18.8 Å². The van der Waals surface area contributed by atoms with Crippen molar-refractivity contribution in [2.75, 3.05) is 33.3 Å². The van der Waals surface area contributed by atoms with E-state index in [-0.39, 0.29) is 11.4 Å². The average molecular weight is 355 g/mol. The van der Waals surface area contributed by atoms with Crippen molar-refractivity contribution in [2.45, 2.75) is 18.6 Å². The molecule has 4 rings (SSSR count). The predicted molar refractivity (Wildman–Crippen MR) is 96.5 cm³/mol. The first kappa shape index (κ1) is 17.2. The van der Waals surface area contributed by atoms with E-state index in [1.54, 1.807) is 36.4 Å². The molecule has 1 spiro atoms. The van der Waals surface area contributed by atoms with Crippen molar-refractivity contribution < 1.29 is 9.53 Å². The summed E-state index contributed by atoms with van der Waals surface area (Å²) in [4.78, 5) is 20.9. The molecule has 0 aromatic carbocycles. The second-order valence-electron chi connectivity index (χ2n) is 7.55. The molecule has 2 aliphatic heterocycles. The molecule has 0 bridgehead atoms. The zero-order chi connectivity index (χ0) is 18.1. The van der Waals surface area contributed by atoms with Crippen LogP contribution in [0, 0.1) is 5.92 Å². The van der Waals surface area contributed by atoms with E-state index in [9.17, 15) is 4.79 Å². The van der Waals surface area contributed by atoms with Gasteiger partial charge in [0, 0.05) is 45.3 Å². The SMILES string of the molecule is CN1C[C@@H](COCc2ccncc2)CC12CN(C(=O)c1ccnn1C)C2. The summed E-state index contributed by atoms with van der Waals surface area (Å²) < 4.78 is 7.56. The van der Waals surface area contributed by atoms with Gasteiger partial charge in [-0.05, 0) is 43.1 Å². The van der Waals surface area contributed by atoms with Gasteiger partial charge in [-0.3, -0.25) is 19.4 Å². The molecule has 7 heteroatoms. The Bertz CT molecular complexity index is 769. The van der Waals surface area contributed by atoms with Crippen LogP contribution in [-0.4, -0.2) is 69.3 Å².